The van der Waals surface area contributed by atoms with E-state index in [2.05, 4.69) is 25.4 Å². The van der Waals surface area contributed by atoms with Crippen LogP contribution in [0.5, 0.6) is 0 Å². The monoisotopic (exact) mass is 361 g/mol. The van der Waals surface area contributed by atoms with Crippen molar-refractivity contribution in [2.45, 2.75) is 43.7 Å². The molecule has 2 aliphatic rings. The smallest absolute Gasteiger partial charge is 0.273 e. The molecule has 0 N–H and O–H groups in total. The average Bonchev–Trinajstić information content (AvgIpc) is 3.42. The van der Waals surface area contributed by atoms with Crippen molar-refractivity contribution < 1.29 is 4.79 Å². The van der Waals surface area contributed by atoms with Gasteiger partial charge in [0.25, 0.3) is 5.91 Å². The van der Waals surface area contributed by atoms with Crippen molar-refractivity contribution in [1.82, 2.24) is 35.0 Å². The summed E-state index contributed by atoms with van der Waals surface area (Å²) in [6.07, 6.45) is 5.54. The lowest BCUT2D eigenvalue weighted by Gasteiger charge is -2.35. The Morgan fingerprint density at radius 3 is 2.84 bits per heavy atom. The molecular formula is C16H23N7OS. The quantitative estimate of drug-likeness (QED) is 0.822. The predicted octanol–water partition coefficient (Wildman–Crippen LogP) is 1.55. The van der Waals surface area contributed by atoms with Crippen LogP contribution in [-0.2, 0) is 5.54 Å². The van der Waals surface area contributed by atoms with E-state index < -0.39 is 0 Å². The van der Waals surface area contributed by atoms with Crippen LogP contribution in [0.1, 0.15) is 54.5 Å². The van der Waals surface area contributed by atoms with Crippen molar-refractivity contribution in [3.8, 4) is 0 Å². The molecular weight excluding hydrogens is 338 g/mol. The van der Waals surface area contributed by atoms with Crippen LogP contribution in [0, 0.1) is 0 Å². The van der Waals surface area contributed by atoms with Gasteiger partial charge in [-0.25, -0.2) is 9.67 Å². The molecule has 0 aromatic carbocycles. The fraction of sp³-hybridized carbons (Fsp3) is 0.688. The van der Waals surface area contributed by atoms with Crippen LogP contribution in [0.15, 0.2) is 10.9 Å². The van der Waals surface area contributed by atoms with E-state index in [1.54, 1.807) is 10.9 Å². The average molecular weight is 361 g/mol. The Morgan fingerprint density at radius 2 is 2.16 bits per heavy atom. The maximum absolute atomic E-state index is 12.7. The molecule has 0 bridgehead atoms. The third-order valence-corrected chi connectivity index (χ3v) is 6.21. The van der Waals surface area contributed by atoms with Crippen molar-refractivity contribution in [3.05, 3.63) is 22.4 Å². The highest BCUT2D eigenvalue weighted by Crippen LogP contribution is 2.38. The molecule has 2 fully saturated rings. The number of carbonyl (C=O) groups is 1. The van der Waals surface area contributed by atoms with Crippen molar-refractivity contribution >= 4 is 17.2 Å². The molecule has 1 amide bonds. The maximum atomic E-state index is 12.7. The molecule has 2 aromatic rings. The molecule has 1 atom stereocenters. The van der Waals surface area contributed by atoms with Crippen molar-refractivity contribution in [2.75, 3.05) is 27.2 Å². The number of amides is 1. The Kier molecular flexibility index (Phi) is 4.28. The molecule has 1 saturated carbocycles. The van der Waals surface area contributed by atoms with E-state index in [0.717, 1.165) is 25.1 Å². The van der Waals surface area contributed by atoms with Crippen LogP contribution in [0.2, 0.25) is 0 Å². The summed E-state index contributed by atoms with van der Waals surface area (Å²) in [5.74, 6) is 0.878. The summed E-state index contributed by atoms with van der Waals surface area (Å²) in [4.78, 5) is 20.9. The molecule has 1 aliphatic carbocycles. The van der Waals surface area contributed by atoms with E-state index >= 15 is 0 Å². The number of tetrazole rings is 1. The maximum Gasteiger partial charge on any atom is 0.273 e. The first kappa shape index (κ1) is 16.6. The normalized spacial score (nSPS) is 24.5. The minimum absolute atomic E-state index is 0.00938. The Labute approximate surface area is 150 Å². The zero-order valence-corrected chi connectivity index (χ0v) is 15.4. The zero-order chi connectivity index (χ0) is 17.4. The second-order valence-electron chi connectivity index (χ2n) is 7.16. The van der Waals surface area contributed by atoms with E-state index in [4.69, 9.17) is 0 Å². The topological polar surface area (TPSA) is 80.0 Å². The number of hydrogen-bond donors (Lipinski definition) is 0. The molecule has 2 aromatic heterocycles. The van der Waals surface area contributed by atoms with Crippen LogP contribution in [0.25, 0.3) is 0 Å². The lowest BCUT2D eigenvalue weighted by atomic mass is 9.95. The summed E-state index contributed by atoms with van der Waals surface area (Å²) >= 11 is 1.44. The van der Waals surface area contributed by atoms with Crippen LogP contribution in [0.4, 0.5) is 0 Å². The highest BCUT2D eigenvalue weighted by atomic mass is 32.1. The van der Waals surface area contributed by atoms with Crippen molar-refractivity contribution in [3.63, 3.8) is 0 Å². The molecule has 8 nitrogen and oxygen atoms in total. The molecule has 9 heteroatoms. The minimum Gasteiger partial charge on any atom is -0.335 e. The molecule has 0 spiro atoms. The molecule has 25 heavy (non-hydrogen) atoms. The molecule has 1 saturated heterocycles. The molecule has 0 radical (unpaired) electrons. The summed E-state index contributed by atoms with van der Waals surface area (Å²) in [5.41, 5.74) is 1.87. The molecule has 134 valence electrons. The van der Waals surface area contributed by atoms with E-state index in [1.807, 2.05) is 23.7 Å². The van der Waals surface area contributed by atoms with Crippen molar-refractivity contribution in [1.29, 1.82) is 0 Å². The van der Waals surface area contributed by atoms with E-state index in [9.17, 15) is 4.79 Å². The highest BCUT2D eigenvalue weighted by molar-refractivity contribution is 7.07. The number of rotatable bonds is 4. The Balaban J connectivity index is 1.64. The van der Waals surface area contributed by atoms with Gasteiger partial charge in [0.15, 0.2) is 5.82 Å². The number of hydrogen-bond acceptors (Lipinski definition) is 7. The van der Waals surface area contributed by atoms with E-state index in [0.29, 0.717) is 24.8 Å². The standard InChI is InChI=1S/C16H23N7OS/c1-21(2)16(15-18-19-20-23(15)12-5-3-4-6-12)7-8-22(10-16)14(24)13-9-25-11-17-13/h9,11-12H,3-8,10H2,1-2H3. The fourth-order valence-electron chi connectivity index (χ4n) is 4.09. The first-order valence-corrected chi connectivity index (χ1v) is 9.69. The molecule has 4 rings (SSSR count). The Bertz CT molecular complexity index is 738. The molecule has 1 aliphatic heterocycles. The summed E-state index contributed by atoms with van der Waals surface area (Å²) in [6, 6.07) is 0.380. The number of thiazole rings is 1. The largest absolute Gasteiger partial charge is 0.335 e. The summed E-state index contributed by atoms with van der Waals surface area (Å²) in [6.45, 7) is 1.27. The van der Waals surface area contributed by atoms with Gasteiger partial charge in [-0.05, 0) is 43.8 Å². The lowest BCUT2D eigenvalue weighted by molar-refractivity contribution is 0.0732. The minimum atomic E-state index is -0.349. The lowest BCUT2D eigenvalue weighted by Crippen LogP contribution is -2.47. The van der Waals surface area contributed by atoms with Gasteiger partial charge in [-0.1, -0.05) is 12.8 Å². The second kappa shape index (κ2) is 6.45. The number of likely N-dealkylation sites (tertiary alicyclic amines) is 1. The van der Waals surface area contributed by atoms with Crippen LogP contribution in [0.3, 0.4) is 0 Å². The van der Waals surface area contributed by atoms with Gasteiger partial charge in [-0.15, -0.1) is 16.4 Å². The van der Waals surface area contributed by atoms with E-state index in [1.165, 1.54) is 24.2 Å². The first-order chi connectivity index (χ1) is 12.1. The Hall–Kier alpha value is -1.87. The van der Waals surface area contributed by atoms with Gasteiger partial charge in [0.2, 0.25) is 0 Å². The SMILES string of the molecule is CN(C)C1(c2nnnn2C2CCCC2)CCN(C(=O)c2cscn2)C1. The first-order valence-electron chi connectivity index (χ1n) is 8.75. The van der Waals surface area contributed by atoms with Gasteiger partial charge < -0.3 is 4.90 Å². The van der Waals surface area contributed by atoms with Gasteiger partial charge in [-0.2, -0.15) is 0 Å². The predicted molar refractivity (Wildman–Crippen MR) is 93.3 cm³/mol. The summed E-state index contributed by atoms with van der Waals surface area (Å²) in [7, 11) is 4.09. The van der Waals surface area contributed by atoms with Crippen LogP contribution >= 0.6 is 11.3 Å². The van der Waals surface area contributed by atoms with Gasteiger partial charge in [0, 0.05) is 18.5 Å². The number of carbonyl (C=O) groups excluding carboxylic acids is 1. The Morgan fingerprint density at radius 1 is 1.36 bits per heavy atom. The zero-order valence-electron chi connectivity index (χ0n) is 14.6. The number of likely N-dealkylation sites (N-methyl/N-ethyl adjacent to an activating group) is 1. The van der Waals surface area contributed by atoms with Gasteiger partial charge in [-0.3, -0.25) is 9.69 Å². The second-order valence-corrected chi connectivity index (χ2v) is 7.88. The highest BCUT2D eigenvalue weighted by Gasteiger charge is 2.48. The third-order valence-electron chi connectivity index (χ3n) is 5.62. The summed E-state index contributed by atoms with van der Waals surface area (Å²) in [5, 5.41) is 14.5. The number of nitrogens with zero attached hydrogens (tertiary/aromatic N) is 7. The van der Waals surface area contributed by atoms with Gasteiger partial charge >= 0.3 is 0 Å². The summed E-state index contributed by atoms with van der Waals surface area (Å²) < 4.78 is 2.02. The van der Waals surface area contributed by atoms with Crippen LogP contribution < -0.4 is 0 Å². The fourth-order valence-corrected chi connectivity index (χ4v) is 4.62. The number of aromatic nitrogens is 5. The van der Waals surface area contributed by atoms with Gasteiger partial charge in [0.1, 0.15) is 11.2 Å². The molecule has 3 heterocycles. The van der Waals surface area contributed by atoms with Gasteiger partial charge in [0.05, 0.1) is 11.6 Å². The van der Waals surface area contributed by atoms with Crippen molar-refractivity contribution in [2.24, 2.45) is 0 Å². The van der Waals surface area contributed by atoms with E-state index in [-0.39, 0.29) is 11.4 Å². The molecule has 1 unspecified atom stereocenters. The third kappa shape index (κ3) is 2.75. The van der Waals surface area contributed by atoms with Crippen LogP contribution in [-0.4, -0.2) is 68.1 Å².